The second-order valence-electron chi connectivity index (χ2n) is 12.0. The van der Waals surface area contributed by atoms with Gasteiger partial charge in [-0.1, -0.05) is 23.7 Å². The summed E-state index contributed by atoms with van der Waals surface area (Å²) in [4.78, 5) is 42.5. The molecule has 2 aliphatic heterocycles. The summed E-state index contributed by atoms with van der Waals surface area (Å²) in [5, 5.41) is 9.69. The topological polar surface area (TPSA) is 145 Å². The predicted octanol–water partition coefficient (Wildman–Crippen LogP) is 5.18. The summed E-state index contributed by atoms with van der Waals surface area (Å²) in [6.07, 6.45) is 2.77. The summed E-state index contributed by atoms with van der Waals surface area (Å²) in [5.41, 5.74) is 2.71. The van der Waals surface area contributed by atoms with Crippen molar-refractivity contribution in [2.45, 2.75) is 13.0 Å². The third kappa shape index (κ3) is 7.93. The first-order valence-corrected chi connectivity index (χ1v) is 18.6. The van der Waals surface area contributed by atoms with Crippen molar-refractivity contribution in [1.82, 2.24) is 25.2 Å². The number of pyridine rings is 1. The van der Waals surface area contributed by atoms with Gasteiger partial charge in [0, 0.05) is 68.3 Å². The first-order valence-electron chi connectivity index (χ1n) is 15.6. The summed E-state index contributed by atoms with van der Waals surface area (Å²) in [7, 11) is -0.972. The van der Waals surface area contributed by atoms with Gasteiger partial charge in [0.1, 0.15) is 29.5 Å². The smallest absolute Gasteiger partial charge is 0.329 e. The van der Waals surface area contributed by atoms with Gasteiger partial charge in [-0.05, 0) is 43.7 Å². The maximum Gasteiger partial charge on any atom is 0.329 e. The van der Waals surface area contributed by atoms with Crippen LogP contribution in [0.15, 0.2) is 60.9 Å². The summed E-state index contributed by atoms with van der Waals surface area (Å²) >= 11 is 6.43. The average molecular weight is 708 g/mol. The zero-order chi connectivity index (χ0) is 34.7. The third-order valence-corrected chi connectivity index (χ3v) is 10.1. The van der Waals surface area contributed by atoms with E-state index >= 15 is 0 Å². The fraction of sp³-hybridized carbons (Fsp3) is 0.303. The number of ether oxygens (including phenoxy) is 1. The average Bonchev–Trinajstić information content (AvgIpc) is 3.08. The standard InChI is InChI=1S/C33H36ClFN9O4P/c1-48-27-17-22(8-9-25(27)39-32-37-18-23(34)31(41-32)38-26-6-4-5-7-28(26)49(2,3)47)43-14-12-42(13-15-43)20-21-16-29(36-19-24(21)35)44-11-10-30(45)40-33(44)46/h4-9,16-19H,10-15,20H2,1-3H3,(H,40,45,46)(H2,37,38,39,41). The number of carbonyl (C=O) groups excluding carboxylic acids is 2. The molecule has 0 atom stereocenters. The van der Waals surface area contributed by atoms with Crippen LogP contribution in [0.25, 0.3) is 0 Å². The van der Waals surface area contributed by atoms with Crippen LogP contribution in [0.5, 0.6) is 5.75 Å². The number of methoxy groups -OCH3 is 1. The molecule has 2 aliphatic rings. The number of carbonyl (C=O) groups is 2. The van der Waals surface area contributed by atoms with Crippen LogP contribution in [-0.4, -0.2) is 85.0 Å². The third-order valence-electron chi connectivity index (χ3n) is 8.30. The summed E-state index contributed by atoms with van der Waals surface area (Å²) < 4.78 is 33.3. The fourth-order valence-electron chi connectivity index (χ4n) is 5.72. The number of para-hydroxylation sites is 1. The first-order chi connectivity index (χ1) is 23.5. The number of amides is 3. The molecule has 13 nitrogen and oxygen atoms in total. The number of benzene rings is 2. The Bertz CT molecular complexity index is 1940. The highest BCUT2D eigenvalue weighted by Gasteiger charge is 2.27. The molecule has 3 amide bonds. The molecular weight excluding hydrogens is 672 g/mol. The van der Waals surface area contributed by atoms with Crippen molar-refractivity contribution in [2.24, 2.45) is 0 Å². The number of aromatic nitrogens is 3. The molecule has 0 radical (unpaired) electrons. The Morgan fingerprint density at radius 2 is 1.76 bits per heavy atom. The molecule has 0 spiro atoms. The monoisotopic (exact) mass is 707 g/mol. The number of nitrogens with zero attached hydrogens (tertiary/aromatic N) is 6. The number of piperazine rings is 1. The van der Waals surface area contributed by atoms with E-state index in [1.807, 2.05) is 42.5 Å². The number of imide groups is 1. The van der Waals surface area contributed by atoms with Gasteiger partial charge in [0.2, 0.25) is 11.9 Å². The van der Waals surface area contributed by atoms with Gasteiger partial charge in [0.25, 0.3) is 0 Å². The van der Waals surface area contributed by atoms with E-state index < -0.39 is 19.0 Å². The van der Waals surface area contributed by atoms with Crippen molar-refractivity contribution >= 4 is 70.6 Å². The highest BCUT2D eigenvalue weighted by molar-refractivity contribution is 7.70. The molecular formula is C33H36ClFN9O4P. The van der Waals surface area contributed by atoms with Gasteiger partial charge in [-0.25, -0.2) is 19.2 Å². The Labute approximate surface area is 288 Å². The van der Waals surface area contributed by atoms with E-state index in [1.165, 1.54) is 11.1 Å². The lowest BCUT2D eigenvalue weighted by molar-refractivity contribution is -0.120. The van der Waals surface area contributed by atoms with Crippen molar-refractivity contribution < 1.29 is 23.3 Å². The molecule has 0 saturated carbocycles. The van der Waals surface area contributed by atoms with Crippen LogP contribution in [0.3, 0.4) is 0 Å². The van der Waals surface area contributed by atoms with E-state index in [0.29, 0.717) is 83.3 Å². The second-order valence-corrected chi connectivity index (χ2v) is 15.6. The van der Waals surface area contributed by atoms with Gasteiger partial charge < -0.3 is 24.8 Å². The van der Waals surface area contributed by atoms with Crippen molar-refractivity contribution in [3.63, 3.8) is 0 Å². The Morgan fingerprint density at radius 3 is 2.49 bits per heavy atom. The van der Waals surface area contributed by atoms with Gasteiger partial charge in [-0.2, -0.15) is 4.98 Å². The van der Waals surface area contributed by atoms with E-state index in [-0.39, 0.29) is 18.9 Å². The number of anilines is 6. The minimum absolute atomic E-state index is 0.163. The van der Waals surface area contributed by atoms with Gasteiger partial charge in [0.15, 0.2) is 5.82 Å². The van der Waals surface area contributed by atoms with E-state index in [2.05, 4.69) is 40.7 Å². The van der Waals surface area contributed by atoms with E-state index in [4.69, 9.17) is 16.3 Å². The van der Waals surface area contributed by atoms with E-state index in [0.717, 1.165) is 11.9 Å². The van der Waals surface area contributed by atoms with Crippen molar-refractivity contribution in [1.29, 1.82) is 0 Å². The maximum atomic E-state index is 14.7. The minimum atomic E-state index is -2.56. The van der Waals surface area contributed by atoms with Crippen LogP contribution >= 0.6 is 18.7 Å². The number of halogens is 2. The quantitative estimate of drug-likeness (QED) is 0.188. The van der Waals surface area contributed by atoms with Gasteiger partial charge in [-0.15, -0.1) is 0 Å². The van der Waals surface area contributed by atoms with Crippen molar-refractivity contribution in [2.75, 3.05) is 73.6 Å². The lowest BCUT2D eigenvalue weighted by Gasteiger charge is -2.36. The molecule has 2 fully saturated rings. The summed E-state index contributed by atoms with van der Waals surface area (Å²) in [6.45, 7) is 6.74. The number of nitrogens with one attached hydrogen (secondary N) is 3. The molecule has 4 aromatic rings. The van der Waals surface area contributed by atoms with Crippen LogP contribution < -0.4 is 35.8 Å². The summed E-state index contributed by atoms with van der Waals surface area (Å²) in [6, 6.07) is 14.2. The Balaban J connectivity index is 1.10. The highest BCUT2D eigenvalue weighted by Crippen LogP contribution is 2.39. The molecule has 0 bridgehead atoms. The molecule has 3 N–H and O–H groups in total. The molecule has 2 saturated heterocycles. The van der Waals surface area contributed by atoms with Crippen LogP contribution in [0, 0.1) is 5.82 Å². The van der Waals surface area contributed by atoms with Crippen LogP contribution in [-0.2, 0) is 15.9 Å². The molecule has 49 heavy (non-hydrogen) atoms. The van der Waals surface area contributed by atoms with Gasteiger partial charge in [0.05, 0.1) is 30.9 Å². The van der Waals surface area contributed by atoms with E-state index in [9.17, 15) is 18.5 Å². The van der Waals surface area contributed by atoms with Crippen molar-refractivity contribution in [3.05, 3.63) is 77.3 Å². The second kappa shape index (κ2) is 14.4. The molecule has 0 unspecified atom stereocenters. The maximum absolute atomic E-state index is 14.7. The lowest BCUT2D eigenvalue weighted by atomic mass is 10.1. The first kappa shape index (κ1) is 34.1. The minimum Gasteiger partial charge on any atom is -0.494 e. The van der Waals surface area contributed by atoms with Crippen LogP contribution in [0.2, 0.25) is 5.02 Å². The molecule has 0 aliphatic carbocycles. The molecule has 4 heterocycles. The normalized spacial score (nSPS) is 15.6. The van der Waals surface area contributed by atoms with Crippen molar-refractivity contribution in [3.8, 4) is 5.75 Å². The lowest BCUT2D eigenvalue weighted by Crippen LogP contribution is -2.50. The molecule has 6 rings (SSSR count). The Kier molecular flexibility index (Phi) is 10.00. The number of hydrogen-bond acceptors (Lipinski definition) is 11. The molecule has 2 aromatic carbocycles. The van der Waals surface area contributed by atoms with Gasteiger partial charge >= 0.3 is 6.03 Å². The molecule has 16 heteroatoms. The van der Waals surface area contributed by atoms with Crippen LogP contribution in [0.1, 0.15) is 12.0 Å². The summed E-state index contributed by atoms with van der Waals surface area (Å²) in [5.74, 6) is 0.773. The van der Waals surface area contributed by atoms with Crippen LogP contribution in [0.4, 0.5) is 43.8 Å². The predicted molar refractivity (Wildman–Crippen MR) is 189 cm³/mol. The Hall–Kier alpha value is -4.78. The number of urea groups is 1. The van der Waals surface area contributed by atoms with Gasteiger partial charge in [-0.3, -0.25) is 19.9 Å². The molecule has 256 valence electrons. The van der Waals surface area contributed by atoms with E-state index in [1.54, 1.807) is 26.5 Å². The highest BCUT2D eigenvalue weighted by atomic mass is 35.5. The fourth-order valence-corrected chi connectivity index (χ4v) is 7.01. The largest absolute Gasteiger partial charge is 0.494 e. The zero-order valence-electron chi connectivity index (χ0n) is 27.2. The zero-order valence-corrected chi connectivity index (χ0v) is 28.9. The number of hydrogen-bond donors (Lipinski definition) is 3. The SMILES string of the molecule is COc1cc(N2CCN(Cc3cc(N4CCC(=O)NC4=O)ncc3F)CC2)ccc1Nc1ncc(Cl)c(Nc2ccccc2P(C)(C)=O)n1. The Morgan fingerprint density at radius 1 is 0.980 bits per heavy atom. The molecule has 2 aromatic heterocycles. The number of rotatable bonds is 10.